The molecule has 1 atom stereocenters. The number of likely N-dealkylation sites (tertiary alicyclic amines) is 1. The predicted molar refractivity (Wildman–Crippen MR) is 183 cm³/mol. The molecule has 260 valence electrons. The Morgan fingerprint density at radius 1 is 0.980 bits per heavy atom. The molecule has 4 aromatic rings. The number of carbonyl (C=O) groups excluding carboxylic acids is 1. The quantitative estimate of drug-likeness (QED) is 0.214. The van der Waals surface area contributed by atoms with E-state index in [1.54, 1.807) is 13.0 Å². The minimum Gasteiger partial charge on any atom is -0.379 e. The van der Waals surface area contributed by atoms with E-state index in [0.29, 0.717) is 48.8 Å². The number of pyridine rings is 1. The third kappa shape index (κ3) is 7.82. The summed E-state index contributed by atoms with van der Waals surface area (Å²) in [5.41, 5.74) is 1.52. The average Bonchev–Trinajstić information content (AvgIpc) is 3.11. The van der Waals surface area contributed by atoms with E-state index in [2.05, 4.69) is 15.1 Å². The number of hydrogen-bond acceptors (Lipinski definition) is 7. The summed E-state index contributed by atoms with van der Waals surface area (Å²) in [5, 5.41) is 3.42. The van der Waals surface area contributed by atoms with Crippen molar-refractivity contribution < 1.29 is 31.1 Å². The number of sulfone groups is 1. The van der Waals surface area contributed by atoms with Gasteiger partial charge in [-0.05, 0) is 68.8 Å². The number of carbonyl (C=O) groups is 1. The van der Waals surface area contributed by atoms with Crippen LogP contribution < -0.4 is 5.32 Å². The Morgan fingerprint density at radius 2 is 1.69 bits per heavy atom. The number of nitrogens with one attached hydrogen (secondary N) is 1. The minimum atomic E-state index is -4.58. The molecule has 3 heterocycles. The molecule has 49 heavy (non-hydrogen) atoms. The molecule has 8 nitrogen and oxygen atoms in total. The van der Waals surface area contributed by atoms with Gasteiger partial charge in [-0.3, -0.25) is 14.6 Å². The number of nitrogens with zero attached hydrogens (tertiary/aromatic N) is 3. The zero-order chi connectivity index (χ0) is 34.8. The topological polar surface area (TPSA) is 91.8 Å². The van der Waals surface area contributed by atoms with Gasteiger partial charge in [0.25, 0.3) is 5.91 Å². The number of fused-ring (bicyclic) bond motifs is 1. The fraction of sp³-hybridized carbons (Fsp3) is 0.405. The van der Waals surface area contributed by atoms with E-state index >= 15 is 0 Å². The molecule has 6 rings (SSSR count). The fourth-order valence-corrected chi connectivity index (χ4v) is 7.75. The zero-order valence-electron chi connectivity index (χ0n) is 27.7. The van der Waals surface area contributed by atoms with Gasteiger partial charge in [0.2, 0.25) is 0 Å². The Bertz CT molecular complexity index is 1910. The van der Waals surface area contributed by atoms with E-state index in [0.717, 1.165) is 43.6 Å². The van der Waals surface area contributed by atoms with E-state index in [1.165, 1.54) is 24.3 Å². The summed E-state index contributed by atoms with van der Waals surface area (Å²) in [5.74, 6) is -0.590. The van der Waals surface area contributed by atoms with Crippen LogP contribution in [0.2, 0.25) is 0 Å². The Balaban J connectivity index is 1.49. The Hall–Kier alpha value is -3.84. The Morgan fingerprint density at radius 3 is 2.37 bits per heavy atom. The smallest absolute Gasteiger partial charge is 0.379 e. The lowest BCUT2D eigenvalue weighted by molar-refractivity contribution is -0.137. The van der Waals surface area contributed by atoms with Crippen LogP contribution in [0.4, 0.5) is 13.2 Å². The van der Waals surface area contributed by atoms with Crippen molar-refractivity contribution in [2.45, 2.75) is 56.4 Å². The summed E-state index contributed by atoms with van der Waals surface area (Å²) < 4.78 is 73.4. The van der Waals surface area contributed by atoms with Gasteiger partial charge in [0.1, 0.15) is 0 Å². The predicted octanol–water partition coefficient (Wildman–Crippen LogP) is 6.50. The molecule has 0 saturated carbocycles. The normalized spacial score (nSPS) is 17.7. The van der Waals surface area contributed by atoms with Gasteiger partial charge < -0.3 is 10.1 Å². The van der Waals surface area contributed by atoms with Gasteiger partial charge in [-0.1, -0.05) is 49.4 Å². The molecular weight excluding hydrogens is 653 g/mol. The first kappa shape index (κ1) is 35.0. The molecule has 2 aliphatic rings. The number of ether oxygens (including phenoxy) is 1. The maximum Gasteiger partial charge on any atom is 0.416 e. The SMILES string of the molecule is CCS(=O)(=O)c1ccc2nc(-c3cccc(C(F)(F)F)c3)c(CN3CCC(N4CCOCC4)CC3)c(C(=O)NC(C)c3ccccc3)c2c1. The van der Waals surface area contributed by atoms with Gasteiger partial charge in [0.05, 0.1) is 52.2 Å². The van der Waals surface area contributed by atoms with Crippen LogP contribution in [-0.2, 0) is 27.3 Å². The lowest BCUT2D eigenvalue weighted by atomic mass is 9.93. The number of piperidine rings is 1. The molecule has 0 radical (unpaired) electrons. The number of alkyl halides is 3. The number of amides is 1. The molecule has 0 bridgehead atoms. The summed E-state index contributed by atoms with van der Waals surface area (Å²) in [6, 6.07) is 18.9. The van der Waals surface area contributed by atoms with Crippen molar-refractivity contribution in [2.24, 2.45) is 0 Å². The maximum atomic E-state index is 14.5. The van der Waals surface area contributed by atoms with Gasteiger partial charge in [0.15, 0.2) is 9.84 Å². The molecule has 3 aromatic carbocycles. The van der Waals surface area contributed by atoms with Crippen LogP contribution in [0.15, 0.2) is 77.7 Å². The molecule has 2 saturated heterocycles. The number of halogens is 3. The van der Waals surface area contributed by atoms with Crippen molar-refractivity contribution in [3.8, 4) is 11.3 Å². The van der Waals surface area contributed by atoms with Crippen molar-refractivity contribution in [1.29, 1.82) is 0 Å². The van der Waals surface area contributed by atoms with Gasteiger partial charge in [-0.15, -0.1) is 0 Å². The average molecular weight is 695 g/mol. The Kier molecular flexibility index (Phi) is 10.4. The number of rotatable bonds is 9. The highest BCUT2D eigenvalue weighted by Crippen LogP contribution is 2.37. The summed E-state index contributed by atoms with van der Waals surface area (Å²) in [4.78, 5) is 24.1. The van der Waals surface area contributed by atoms with Gasteiger partial charge >= 0.3 is 6.18 Å². The van der Waals surface area contributed by atoms with Crippen LogP contribution in [0.5, 0.6) is 0 Å². The van der Waals surface area contributed by atoms with E-state index < -0.39 is 33.5 Å². The van der Waals surface area contributed by atoms with Gasteiger partial charge in [0, 0.05) is 42.2 Å². The molecule has 0 spiro atoms. The lowest BCUT2D eigenvalue weighted by Crippen LogP contribution is -2.48. The van der Waals surface area contributed by atoms with E-state index in [4.69, 9.17) is 9.72 Å². The standard InChI is InChI=1S/C37H41F3N4O4S/c1-3-49(46,47)30-12-13-33-31(23-30)34(36(45)41-25(2)26-8-5-4-6-9-26)32(35(42-33)27-10-7-11-28(22-27)37(38,39)40)24-43-16-14-29(15-17-43)44-18-20-48-21-19-44/h4-13,22-23,25,29H,3,14-21,24H2,1-2H3,(H,41,45). The number of benzene rings is 3. The first-order valence-electron chi connectivity index (χ1n) is 16.7. The zero-order valence-corrected chi connectivity index (χ0v) is 28.5. The molecular formula is C37H41F3N4O4S. The highest BCUT2D eigenvalue weighted by molar-refractivity contribution is 7.91. The van der Waals surface area contributed by atoms with Gasteiger partial charge in [-0.2, -0.15) is 13.2 Å². The molecule has 1 N–H and O–H groups in total. The number of morpholine rings is 1. The first-order valence-corrected chi connectivity index (χ1v) is 18.4. The highest BCUT2D eigenvalue weighted by Gasteiger charge is 2.33. The van der Waals surface area contributed by atoms with Crippen LogP contribution in [-0.4, -0.2) is 80.3 Å². The van der Waals surface area contributed by atoms with E-state index in [-0.39, 0.29) is 34.0 Å². The lowest BCUT2D eigenvalue weighted by Gasteiger charge is -2.40. The first-order chi connectivity index (χ1) is 23.4. The van der Waals surface area contributed by atoms with Crippen molar-refractivity contribution >= 4 is 26.6 Å². The van der Waals surface area contributed by atoms with E-state index in [9.17, 15) is 26.4 Å². The minimum absolute atomic E-state index is 0.0542. The molecule has 0 aliphatic carbocycles. The van der Waals surface area contributed by atoms with E-state index in [1.807, 2.05) is 37.3 Å². The van der Waals surface area contributed by atoms with Crippen LogP contribution in [0, 0.1) is 0 Å². The van der Waals surface area contributed by atoms with Crippen LogP contribution in [0.25, 0.3) is 22.2 Å². The summed E-state index contributed by atoms with van der Waals surface area (Å²) in [6.45, 7) is 8.26. The molecule has 2 fully saturated rings. The van der Waals surface area contributed by atoms with Crippen molar-refractivity contribution in [3.63, 3.8) is 0 Å². The van der Waals surface area contributed by atoms with Crippen LogP contribution in [0.1, 0.15) is 59.8 Å². The molecule has 1 unspecified atom stereocenters. The third-order valence-corrected chi connectivity index (χ3v) is 11.4. The maximum absolute atomic E-state index is 14.5. The second kappa shape index (κ2) is 14.6. The summed E-state index contributed by atoms with van der Waals surface area (Å²) >= 11 is 0. The molecule has 1 aromatic heterocycles. The van der Waals surface area contributed by atoms with Crippen molar-refractivity contribution in [1.82, 2.24) is 20.1 Å². The largest absolute Gasteiger partial charge is 0.416 e. The third-order valence-electron chi connectivity index (χ3n) is 9.63. The highest BCUT2D eigenvalue weighted by atomic mass is 32.2. The number of aromatic nitrogens is 1. The summed E-state index contributed by atoms with van der Waals surface area (Å²) in [6.07, 6.45) is -2.79. The van der Waals surface area contributed by atoms with Crippen LogP contribution in [0.3, 0.4) is 0 Å². The number of hydrogen-bond donors (Lipinski definition) is 1. The monoisotopic (exact) mass is 694 g/mol. The molecule has 1 amide bonds. The second-order valence-electron chi connectivity index (χ2n) is 12.7. The van der Waals surface area contributed by atoms with Gasteiger partial charge in [-0.25, -0.2) is 13.4 Å². The molecule has 2 aliphatic heterocycles. The van der Waals surface area contributed by atoms with Crippen molar-refractivity contribution in [3.05, 3.63) is 95.1 Å². The Labute approximate surface area is 285 Å². The molecule has 12 heteroatoms. The van der Waals surface area contributed by atoms with Crippen LogP contribution >= 0.6 is 0 Å². The second-order valence-corrected chi connectivity index (χ2v) is 15.0. The fourth-order valence-electron chi connectivity index (χ4n) is 6.84. The summed E-state index contributed by atoms with van der Waals surface area (Å²) in [7, 11) is -3.65. The van der Waals surface area contributed by atoms with Crippen molar-refractivity contribution in [2.75, 3.05) is 45.1 Å².